The molecule has 8 heteroatoms. The molecule has 0 unspecified atom stereocenters. The van der Waals surface area contributed by atoms with Crippen molar-refractivity contribution in [1.82, 2.24) is 9.66 Å². The van der Waals surface area contributed by atoms with Gasteiger partial charge in [-0.15, -0.1) is 0 Å². The highest BCUT2D eigenvalue weighted by molar-refractivity contribution is 6.02. The van der Waals surface area contributed by atoms with E-state index in [2.05, 4.69) is 19.9 Å². The van der Waals surface area contributed by atoms with Crippen molar-refractivity contribution in [3.05, 3.63) is 124 Å². The molecule has 0 bridgehead atoms. The van der Waals surface area contributed by atoms with E-state index in [4.69, 9.17) is 29.0 Å². The van der Waals surface area contributed by atoms with Crippen molar-refractivity contribution in [2.45, 2.75) is 40.2 Å². The Hall–Kier alpha value is -5.63. The summed E-state index contributed by atoms with van der Waals surface area (Å²) in [7, 11) is 0. The number of hydrogen-bond acceptors (Lipinski definition) is 7. The monoisotopic (exact) mass is 625 g/mol. The molecule has 0 N–H and O–H groups in total. The van der Waals surface area contributed by atoms with Gasteiger partial charge in [-0.25, -0.2) is 4.98 Å². The second kappa shape index (κ2) is 12.6. The van der Waals surface area contributed by atoms with Gasteiger partial charge in [0.2, 0.25) is 6.79 Å². The van der Waals surface area contributed by atoms with E-state index in [1.54, 1.807) is 12.3 Å². The fraction of sp³-hybridized carbons (Fsp3) is 0.205. The first-order valence-electron chi connectivity index (χ1n) is 15.8. The number of fused-ring (bicyclic) bond motifs is 3. The predicted octanol–water partition coefficient (Wildman–Crippen LogP) is 8.24. The van der Waals surface area contributed by atoms with E-state index in [1.165, 1.54) is 4.68 Å². The number of benzene rings is 5. The van der Waals surface area contributed by atoms with Gasteiger partial charge < -0.3 is 18.9 Å². The molecule has 7 rings (SSSR count). The van der Waals surface area contributed by atoms with Crippen molar-refractivity contribution in [2.24, 2.45) is 5.10 Å². The zero-order valence-electron chi connectivity index (χ0n) is 26.8. The normalized spacial score (nSPS) is 12.4. The molecule has 0 fully saturated rings. The Morgan fingerprint density at radius 3 is 2.51 bits per heavy atom. The summed E-state index contributed by atoms with van der Waals surface area (Å²) in [5.74, 6) is 3.54. The lowest BCUT2D eigenvalue weighted by atomic mass is 9.96. The summed E-state index contributed by atoms with van der Waals surface area (Å²) >= 11 is 0. The van der Waals surface area contributed by atoms with Gasteiger partial charge in [-0.2, -0.15) is 9.78 Å². The average Bonchev–Trinajstić information content (AvgIpc) is 3.55. The topological polar surface area (TPSA) is 84.2 Å². The lowest BCUT2D eigenvalue weighted by molar-refractivity contribution is 0.174. The van der Waals surface area contributed by atoms with Crippen LogP contribution >= 0.6 is 0 Å². The summed E-state index contributed by atoms with van der Waals surface area (Å²) in [4.78, 5) is 19.1. The molecule has 0 amide bonds. The predicted molar refractivity (Wildman–Crippen MR) is 185 cm³/mol. The summed E-state index contributed by atoms with van der Waals surface area (Å²) in [6.07, 6.45) is 1.70. The fourth-order valence-corrected chi connectivity index (χ4v) is 5.92. The van der Waals surface area contributed by atoms with E-state index in [0.29, 0.717) is 41.4 Å². The van der Waals surface area contributed by atoms with Crippen LogP contribution in [0.15, 0.2) is 101 Å². The number of para-hydroxylation sites is 1. The Labute approximate surface area is 272 Å². The summed E-state index contributed by atoms with van der Waals surface area (Å²) in [5, 5.41) is 7.32. The van der Waals surface area contributed by atoms with Gasteiger partial charge >= 0.3 is 0 Å². The van der Waals surface area contributed by atoms with Crippen molar-refractivity contribution >= 4 is 27.9 Å². The molecular formula is C39H35N3O5. The second-order valence-electron chi connectivity index (χ2n) is 11.8. The third kappa shape index (κ3) is 5.78. The van der Waals surface area contributed by atoms with Crippen LogP contribution in [0, 0.1) is 6.92 Å². The minimum atomic E-state index is -0.260. The van der Waals surface area contributed by atoms with Gasteiger partial charge in [0.1, 0.15) is 18.1 Å². The van der Waals surface area contributed by atoms with Gasteiger partial charge in [0.25, 0.3) is 5.56 Å². The minimum absolute atomic E-state index is 0.195. The van der Waals surface area contributed by atoms with Crippen molar-refractivity contribution in [2.75, 3.05) is 13.4 Å². The van der Waals surface area contributed by atoms with Gasteiger partial charge in [0.05, 0.1) is 23.7 Å². The first-order chi connectivity index (χ1) is 22.9. The van der Waals surface area contributed by atoms with Crippen molar-refractivity contribution < 1.29 is 18.9 Å². The first kappa shape index (κ1) is 30.0. The Morgan fingerprint density at radius 1 is 0.894 bits per heavy atom. The standard InChI is InChI=1S/C39H35N3O5/c1-5-44-36-18-25(4)31(20-30(36)24(2)3)38-41-33-13-9-8-12-29(33)39(43)42(38)40-21-32-28-11-7-6-10-27(28)15-17-34(32)45-22-26-14-16-35-37(19-26)47-23-46-35/h6-21,24H,5,22-23H2,1-4H3. The summed E-state index contributed by atoms with van der Waals surface area (Å²) in [6, 6.07) is 29.2. The Morgan fingerprint density at radius 2 is 1.68 bits per heavy atom. The number of aromatic nitrogens is 2. The first-order valence-corrected chi connectivity index (χ1v) is 15.8. The molecule has 0 atom stereocenters. The molecule has 1 aromatic heterocycles. The third-order valence-electron chi connectivity index (χ3n) is 8.34. The highest BCUT2D eigenvalue weighted by atomic mass is 16.7. The highest BCUT2D eigenvalue weighted by Crippen LogP contribution is 2.35. The van der Waals surface area contributed by atoms with Crippen molar-refractivity contribution in [3.63, 3.8) is 0 Å². The Kier molecular flexibility index (Phi) is 8.08. The smallest absolute Gasteiger partial charge is 0.282 e. The quantitative estimate of drug-likeness (QED) is 0.151. The second-order valence-corrected chi connectivity index (χ2v) is 11.8. The number of ether oxygens (including phenoxy) is 4. The molecule has 0 aliphatic carbocycles. The van der Waals surface area contributed by atoms with Crippen LogP contribution in [0.3, 0.4) is 0 Å². The lowest BCUT2D eigenvalue weighted by Gasteiger charge is -2.18. The van der Waals surface area contributed by atoms with Crippen LogP contribution in [-0.4, -0.2) is 29.3 Å². The van der Waals surface area contributed by atoms with E-state index >= 15 is 0 Å². The summed E-state index contributed by atoms with van der Waals surface area (Å²) in [6.45, 7) is 9.32. The van der Waals surface area contributed by atoms with Crippen LogP contribution < -0.4 is 24.5 Å². The van der Waals surface area contributed by atoms with Crippen LogP contribution in [0.1, 0.15) is 48.9 Å². The zero-order valence-corrected chi connectivity index (χ0v) is 26.8. The summed E-state index contributed by atoms with van der Waals surface area (Å²) in [5.41, 5.74) is 4.83. The van der Waals surface area contributed by atoms with Crippen LogP contribution in [0.25, 0.3) is 33.1 Å². The van der Waals surface area contributed by atoms with Gasteiger partial charge in [-0.05, 0) is 89.7 Å². The lowest BCUT2D eigenvalue weighted by Crippen LogP contribution is -2.21. The molecular weight excluding hydrogens is 590 g/mol. The van der Waals surface area contributed by atoms with E-state index < -0.39 is 0 Å². The minimum Gasteiger partial charge on any atom is -0.494 e. The average molecular weight is 626 g/mol. The van der Waals surface area contributed by atoms with E-state index in [1.807, 2.05) is 92.7 Å². The van der Waals surface area contributed by atoms with Crippen LogP contribution in [0.2, 0.25) is 0 Å². The molecule has 0 spiro atoms. The van der Waals surface area contributed by atoms with Crippen LogP contribution in [0.5, 0.6) is 23.0 Å². The largest absolute Gasteiger partial charge is 0.494 e. The molecule has 1 aliphatic heterocycles. The maximum absolute atomic E-state index is 14.1. The SMILES string of the molecule is CCOc1cc(C)c(-c2nc3ccccc3c(=O)n2N=Cc2c(OCc3ccc4c(c3)OCO4)ccc3ccccc23)cc1C(C)C. The zero-order chi connectivity index (χ0) is 32.5. The molecule has 0 saturated heterocycles. The van der Waals surface area contributed by atoms with E-state index in [-0.39, 0.29) is 18.3 Å². The number of nitrogens with zero attached hydrogens (tertiary/aromatic N) is 3. The van der Waals surface area contributed by atoms with Crippen LogP contribution in [0.4, 0.5) is 0 Å². The van der Waals surface area contributed by atoms with E-state index in [0.717, 1.165) is 50.1 Å². The van der Waals surface area contributed by atoms with Gasteiger partial charge in [-0.3, -0.25) is 4.79 Å². The summed E-state index contributed by atoms with van der Waals surface area (Å²) < 4.78 is 24.8. The molecule has 47 heavy (non-hydrogen) atoms. The molecule has 236 valence electrons. The molecule has 6 aromatic rings. The third-order valence-corrected chi connectivity index (χ3v) is 8.34. The molecule has 8 nitrogen and oxygen atoms in total. The Balaban J connectivity index is 1.36. The molecule has 5 aromatic carbocycles. The maximum atomic E-state index is 14.1. The number of rotatable bonds is 9. The highest BCUT2D eigenvalue weighted by Gasteiger charge is 2.19. The van der Waals surface area contributed by atoms with Gasteiger partial charge in [0.15, 0.2) is 17.3 Å². The van der Waals surface area contributed by atoms with Gasteiger partial charge in [0, 0.05) is 11.1 Å². The number of hydrogen-bond donors (Lipinski definition) is 0. The molecule has 2 heterocycles. The molecule has 0 radical (unpaired) electrons. The molecule has 0 saturated carbocycles. The van der Waals surface area contributed by atoms with Crippen molar-refractivity contribution in [1.29, 1.82) is 0 Å². The maximum Gasteiger partial charge on any atom is 0.282 e. The van der Waals surface area contributed by atoms with Crippen LogP contribution in [-0.2, 0) is 6.61 Å². The van der Waals surface area contributed by atoms with Gasteiger partial charge in [-0.1, -0.05) is 62.4 Å². The molecule has 1 aliphatic rings. The number of aryl methyl sites for hydroxylation is 1. The Bertz CT molecular complexity index is 2220. The van der Waals surface area contributed by atoms with E-state index in [9.17, 15) is 4.79 Å². The fourth-order valence-electron chi connectivity index (χ4n) is 5.92. The van der Waals surface area contributed by atoms with Crippen molar-refractivity contribution in [3.8, 4) is 34.4 Å².